The van der Waals surface area contributed by atoms with Crippen LogP contribution in [0.15, 0.2) is 18.2 Å². The minimum Gasteiger partial charge on any atom is -0.483 e. The molecule has 1 aromatic carbocycles. The van der Waals surface area contributed by atoms with E-state index in [1.807, 2.05) is 0 Å². The third-order valence-corrected chi connectivity index (χ3v) is 6.14. The smallest absolute Gasteiger partial charge is 0.424 e. The number of carbonyl (C=O) groups is 7. The number of amides is 7. The molecule has 1 unspecified atom stereocenters. The lowest BCUT2D eigenvalue weighted by Gasteiger charge is -2.34. The molecule has 2 aliphatic rings. The molecule has 0 bridgehead atoms. The van der Waals surface area contributed by atoms with Crippen LogP contribution in [0, 0.1) is 0 Å². The highest BCUT2D eigenvalue weighted by Crippen LogP contribution is 2.34. The number of carbonyl (C=O) groups excluding carboxylic acids is 7. The Morgan fingerprint density at radius 3 is 2.14 bits per heavy atom. The summed E-state index contributed by atoms with van der Waals surface area (Å²) in [4.78, 5) is 89.9. The molecule has 2 aliphatic heterocycles. The van der Waals surface area contributed by atoms with Crippen LogP contribution < -0.4 is 15.4 Å². The maximum atomic E-state index is 13.4. The molecule has 1 atom stereocenters. The first-order valence-electron chi connectivity index (χ1n) is 14.0. The van der Waals surface area contributed by atoms with Crippen LogP contribution in [0.3, 0.4) is 0 Å². The first kappa shape index (κ1) is 33.0. The van der Waals surface area contributed by atoms with Gasteiger partial charge in [-0.1, -0.05) is 6.07 Å². The van der Waals surface area contributed by atoms with Crippen molar-refractivity contribution in [2.24, 2.45) is 0 Å². The van der Waals surface area contributed by atoms with Gasteiger partial charge in [0.1, 0.15) is 23.0 Å². The van der Waals surface area contributed by atoms with E-state index in [1.54, 1.807) is 41.5 Å². The van der Waals surface area contributed by atoms with Gasteiger partial charge in [-0.3, -0.25) is 28.9 Å². The van der Waals surface area contributed by atoms with Crippen LogP contribution >= 0.6 is 0 Å². The van der Waals surface area contributed by atoms with Gasteiger partial charge in [-0.15, -0.1) is 0 Å². The topological polar surface area (TPSA) is 178 Å². The van der Waals surface area contributed by atoms with E-state index in [9.17, 15) is 33.6 Å². The number of nitrogens with one attached hydrogen (secondary N) is 2. The van der Waals surface area contributed by atoms with Gasteiger partial charge in [0, 0.05) is 19.5 Å². The van der Waals surface area contributed by atoms with Crippen LogP contribution in [0.4, 0.5) is 9.59 Å². The summed E-state index contributed by atoms with van der Waals surface area (Å²) in [5.41, 5.74) is -1.74. The van der Waals surface area contributed by atoms with Crippen molar-refractivity contribution in [3.05, 3.63) is 29.3 Å². The zero-order chi connectivity index (χ0) is 32.1. The highest BCUT2D eigenvalue weighted by molar-refractivity contribution is 6.25. The Morgan fingerprint density at radius 2 is 1.51 bits per heavy atom. The summed E-state index contributed by atoms with van der Waals surface area (Å²) in [7, 11) is 0. The fourth-order valence-corrected chi connectivity index (χ4v) is 4.36. The molecular formula is C29H38N4O10. The number of unbranched alkanes of at least 4 members (excludes halogenated alkanes) is 1. The van der Waals surface area contributed by atoms with Crippen molar-refractivity contribution >= 4 is 41.7 Å². The number of benzene rings is 1. The fraction of sp³-hybridized carbons (Fsp3) is 0.552. The molecule has 14 nitrogen and oxygen atoms in total. The van der Waals surface area contributed by atoms with Crippen molar-refractivity contribution in [2.75, 3.05) is 19.7 Å². The molecule has 1 aromatic rings. The molecule has 0 aromatic heterocycles. The summed E-state index contributed by atoms with van der Waals surface area (Å²) in [5, 5.41) is 5.30. The second-order valence-corrected chi connectivity index (χ2v) is 12.0. The Balaban J connectivity index is 1.57. The monoisotopic (exact) mass is 602 g/mol. The predicted molar refractivity (Wildman–Crippen MR) is 150 cm³/mol. The molecule has 14 heteroatoms. The van der Waals surface area contributed by atoms with E-state index < -0.39 is 65.6 Å². The highest BCUT2D eigenvalue weighted by Gasteiger charge is 2.50. The number of hydrogen-bond acceptors (Lipinski definition) is 10. The number of fused-ring (bicyclic) bond motifs is 1. The van der Waals surface area contributed by atoms with Crippen molar-refractivity contribution < 1.29 is 47.8 Å². The van der Waals surface area contributed by atoms with Gasteiger partial charge in [-0.2, -0.15) is 4.90 Å². The van der Waals surface area contributed by atoms with Gasteiger partial charge in [0.25, 0.3) is 23.6 Å². The van der Waals surface area contributed by atoms with E-state index in [0.29, 0.717) is 30.8 Å². The molecule has 0 radical (unpaired) electrons. The second kappa shape index (κ2) is 13.2. The Labute approximate surface area is 249 Å². The van der Waals surface area contributed by atoms with Crippen molar-refractivity contribution in [1.82, 2.24) is 20.4 Å². The highest BCUT2D eigenvalue weighted by atomic mass is 16.6. The lowest BCUT2D eigenvalue weighted by atomic mass is 10.0. The van der Waals surface area contributed by atoms with E-state index in [1.165, 1.54) is 18.2 Å². The number of likely N-dealkylation sites (tertiary alicyclic amines) is 1. The van der Waals surface area contributed by atoms with E-state index in [2.05, 4.69) is 10.6 Å². The van der Waals surface area contributed by atoms with Crippen LogP contribution in [0.1, 0.15) is 87.9 Å². The van der Waals surface area contributed by atoms with Crippen LogP contribution in [-0.4, -0.2) is 88.5 Å². The summed E-state index contributed by atoms with van der Waals surface area (Å²) >= 11 is 0. The number of alkyl carbamates (subject to hydrolysis) is 1. The minimum absolute atomic E-state index is 0.0293. The Kier molecular flexibility index (Phi) is 10.1. The minimum atomic E-state index is -1.40. The molecule has 3 rings (SSSR count). The Bertz CT molecular complexity index is 1310. The number of rotatable bonds is 9. The van der Waals surface area contributed by atoms with Crippen molar-refractivity contribution in [3.63, 3.8) is 0 Å². The van der Waals surface area contributed by atoms with Gasteiger partial charge < -0.3 is 24.8 Å². The van der Waals surface area contributed by atoms with Gasteiger partial charge in [0.05, 0.1) is 11.1 Å². The summed E-state index contributed by atoms with van der Waals surface area (Å²) in [6, 6.07) is 2.87. The van der Waals surface area contributed by atoms with Gasteiger partial charge in [-0.25, -0.2) is 9.59 Å². The molecule has 2 N–H and O–H groups in total. The van der Waals surface area contributed by atoms with Crippen molar-refractivity contribution in [3.8, 4) is 5.75 Å². The van der Waals surface area contributed by atoms with Crippen LogP contribution in [0.25, 0.3) is 0 Å². The molecule has 0 aliphatic carbocycles. The summed E-state index contributed by atoms with van der Waals surface area (Å²) in [6.45, 7) is 10.2. The number of piperidine rings is 1. The summed E-state index contributed by atoms with van der Waals surface area (Å²) in [5.74, 6) is -3.96. The Hall–Kier alpha value is -4.49. The maximum absolute atomic E-state index is 13.4. The average Bonchev–Trinajstić information content (AvgIpc) is 3.13. The van der Waals surface area contributed by atoms with Crippen molar-refractivity contribution in [1.29, 1.82) is 0 Å². The molecule has 234 valence electrons. The molecule has 0 saturated carbocycles. The number of nitrogens with zero attached hydrogens (tertiary/aromatic N) is 2. The van der Waals surface area contributed by atoms with Gasteiger partial charge in [0.2, 0.25) is 5.91 Å². The predicted octanol–water partition coefficient (Wildman–Crippen LogP) is 2.54. The molecule has 7 amide bonds. The summed E-state index contributed by atoms with van der Waals surface area (Å²) < 4.78 is 15.9. The first-order valence-corrected chi connectivity index (χ1v) is 14.0. The van der Waals surface area contributed by atoms with E-state index >= 15 is 0 Å². The molecule has 2 heterocycles. The lowest BCUT2D eigenvalue weighted by Crippen LogP contribution is -2.58. The average molecular weight is 603 g/mol. The standard InChI is InChI=1S/C29H38N4O10/c1-28(2,3)42-26(39)31-15-8-7-14-30-20(34)16-41-19-11-9-10-17-22(19)25(38)32(23(17)36)18-12-13-21(35)33(24(18)37)27(40)43-29(4,5)6/h9-11,18H,7-8,12-16H2,1-6H3,(H,30,34)(H,31,39). The van der Waals surface area contributed by atoms with Gasteiger partial charge in [0.15, 0.2) is 6.61 Å². The quantitative estimate of drug-likeness (QED) is 0.315. The zero-order valence-electron chi connectivity index (χ0n) is 25.2. The van der Waals surface area contributed by atoms with Crippen molar-refractivity contribution in [2.45, 2.75) is 84.5 Å². The first-order chi connectivity index (χ1) is 20.0. The number of imide groups is 4. The Morgan fingerprint density at radius 1 is 0.884 bits per heavy atom. The van der Waals surface area contributed by atoms with Crippen LogP contribution in [0.2, 0.25) is 0 Å². The van der Waals surface area contributed by atoms with E-state index in [4.69, 9.17) is 14.2 Å². The van der Waals surface area contributed by atoms with E-state index in [0.717, 1.165) is 4.90 Å². The number of hydrogen-bond donors (Lipinski definition) is 2. The summed E-state index contributed by atoms with van der Waals surface area (Å²) in [6.07, 6.45) is -0.956. The largest absolute Gasteiger partial charge is 0.483 e. The van der Waals surface area contributed by atoms with Crippen LogP contribution in [0.5, 0.6) is 5.75 Å². The number of ether oxygens (including phenoxy) is 3. The zero-order valence-corrected chi connectivity index (χ0v) is 25.2. The SMILES string of the molecule is CC(C)(C)OC(=O)NCCCCNC(=O)COc1cccc2c1C(=O)N(C1CCC(=O)N(C(=O)OC(C)(C)C)C1=O)C2=O. The molecule has 1 fully saturated rings. The third kappa shape index (κ3) is 8.52. The normalized spacial score (nSPS) is 17.0. The second-order valence-electron chi connectivity index (χ2n) is 12.0. The van der Waals surface area contributed by atoms with E-state index in [-0.39, 0.29) is 29.7 Å². The van der Waals surface area contributed by atoms with Crippen LogP contribution in [-0.2, 0) is 23.9 Å². The molecule has 0 spiro atoms. The lowest BCUT2D eigenvalue weighted by molar-refractivity contribution is -0.150. The maximum Gasteiger partial charge on any atom is 0.424 e. The van der Waals surface area contributed by atoms with Gasteiger partial charge in [-0.05, 0) is 72.9 Å². The van der Waals surface area contributed by atoms with Gasteiger partial charge >= 0.3 is 12.2 Å². The fourth-order valence-electron chi connectivity index (χ4n) is 4.36. The molecule has 43 heavy (non-hydrogen) atoms. The molecule has 1 saturated heterocycles. The third-order valence-electron chi connectivity index (χ3n) is 6.14. The molecular weight excluding hydrogens is 564 g/mol.